The van der Waals surface area contributed by atoms with E-state index in [4.69, 9.17) is 15.2 Å². The number of thiophene rings is 1. The summed E-state index contributed by atoms with van der Waals surface area (Å²) in [5, 5.41) is 7.87. The second kappa shape index (κ2) is 11.8. The normalized spacial score (nSPS) is 13.7. The van der Waals surface area contributed by atoms with Crippen LogP contribution in [0.4, 0.5) is 5.69 Å². The molecule has 0 radical (unpaired) electrons. The summed E-state index contributed by atoms with van der Waals surface area (Å²) in [4.78, 5) is 45.2. The van der Waals surface area contributed by atoms with Crippen molar-refractivity contribution >= 4 is 34.8 Å². The molecule has 2 aromatic carbocycles. The molecule has 10 heteroatoms. The van der Waals surface area contributed by atoms with E-state index in [-0.39, 0.29) is 23.2 Å². The number of amides is 2. The van der Waals surface area contributed by atoms with Crippen LogP contribution in [0.1, 0.15) is 55.3 Å². The highest BCUT2D eigenvalue weighted by molar-refractivity contribution is 7.13. The number of anilines is 1. The molecular formula is C32H30N4O5S. The van der Waals surface area contributed by atoms with Crippen molar-refractivity contribution < 1.29 is 23.9 Å². The molecule has 9 nitrogen and oxygen atoms in total. The van der Waals surface area contributed by atoms with Crippen LogP contribution in [0.3, 0.4) is 0 Å². The first-order valence-electron chi connectivity index (χ1n) is 13.8. The first kappa shape index (κ1) is 27.6. The maximum Gasteiger partial charge on any atom is 0.357 e. The molecule has 4 aromatic rings. The number of carbonyl (C=O) groups excluding carboxylic acids is 3. The number of nitrogens with one attached hydrogen (secondary N) is 2. The van der Waals surface area contributed by atoms with Crippen molar-refractivity contribution in [3.63, 3.8) is 0 Å². The van der Waals surface area contributed by atoms with Crippen LogP contribution >= 0.6 is 11.3 Å². The molecule has 0 spiro atoms. The second-order valence-corrected chi connectivity index (χ2v) is 11.3. The fourth-order valence-corrected chi connectivity index (χ4v) is 5.93. The molecule has 2 aromatic heterocycles. The van der Waals surface area contributed by atoms with Gasteiger partial charge in [0.2, 0.25) is 0 Å². The highest BCUT2D eigenvalue weighted by atomic mass is 32.1. The number of carbonyl (C=O) groups is 3. The van der Waals surface area contributed by atoms with Crippen LogP contribution in [0, 0.1) is 5.92 Å². The highest BCUT2D eigenvalue weighted by Gasteiger charge is 2.27. The molecule has 1 aliphatic carbocycles. The van der Waals surface area contributed by atoms with Crippen LogP contribution in [-0.2, 0) is 17.7 Å². The Morgan fingerprint density at radius 1 is 1.02 bits per heavy atom. The minimum atomic E-state index is -0.720. The number of methoxy groups -OCH3 is 1. The monoisotopic (exact) mass is 582 g/mol. The van der Waals surface area contributed by atoms with Crippen molar-refractivity contribution in [2.75, 3.05) is 25.6 Å². The number of ether oxygens (including phenoxy) is 2. The van der Waals surface area contributed by atoms with Gasteiger partial charge in [0.1, 0.15) is 11.4 Å². The third-order valence-electron chi connectivity index (χ3n) is 7.48. The van der Waals surface area contributed by atoms with E-state index in [1.54, 1.807) is 47.7 Å². The number of nitrogens with zero attached hydrogens (tertiary/aromatic N) is 1. The standard InChI is InChI=1S/C32H30N4O5S/c1-40-32(39)28-22(8-9-26(36-28)31(38)34-17-19-2-3-19)23-15-27-25(29-20(10-12-41-27)11-13-42-29)14-24(23)30(37)35-21-6-4-18(16-33)5-7-21/h4-9,11,13-15,19H,2-3,10,12,16-17,33H2,1H3,(H,34,38)(H,35,37). The molecule has 4 N–H and O–H groups in total. The van der Waals surface area contributed by atoms with Crippen LogP contribution in [0.15, 0.2) is 60.0 Å². The molecule has 1 saturated carbocycles. The van der Waals surface area contributed by atoms with Gasteiger partial charge >= 0.3 is 5.97 Å². The summed E-state index contributed by atoms with van der Waals surface area (Å²) >= 11 is 1.58. The third-order valence-corrected chi connectivity index (χ3v) is 8.47. The second-order valence-electron chi connectivity index (χ2n) is 10.4. The van der Waals surface area contributed by atoms with E-state index < -0.39 is 5.97 Å². The number of nitrogens with two attached hydrogens (primary N) is 1. The summed E-state index contributed by atoms with van der Waals surface area (Å²) in [6.07, 6.45) is 2.92. The summed E-state index contributed by atoms with van der Waals surface area (Å²) in [5.74, 6) is -0.380. The Hall–Kier alpha value is -4.54. The summed E-state index contributed by atoms with van der Waals surface area (Å²) < 4.78 is 11.2. The molecule has 0 atom stereocenters. The molecule has 0 saturated heterocycles. The average Bonchev–Trinajstić information content (AvgIpc) is 3.77. The van der Waals surface area contributed by atoms with Crippen molar-refractivity contribution in [1.82, 2.24) is 10.3 Å². The third kappa shape index (κ3) is 5.63. The molecule has 42 heavy (non-hydrogen) atoms. The Bertz CT molecular complexity index is 1680. The predicted molar refractivity (Wildman–Crippen MR) is 161 cm³/mol. The lowest BCUT2D eigenvalue weighted by atomic mass is 9.93. The van der Waals surface area contributed by atoms with E-state index in [1.807, 2.05) is 17.5 Å². The Kier molecular flexibility index (Phi) is 7.73. The Labute approximate surface area is 247 Å². The highest BCUT2D eigenvalue weighted by Crippen LogP contribution is 2.43. The topological polar surface area (TPSA) is 133 Å². The van der Waals surface area contributed by atoms with Crippen LogP contribution < -0.4 is 21.1 Å². The van der Waals surface area contributed by atoms with Crippen LogP contribution in [-0.4, -0.2) is 43.0 Å². The van der Waals surface area contributed by atoms with E-state index in [2.05, 4.69) is 21.7 Å². The fourth-order valence-electron chi connectivity index (χ4n) is 4.95. The molecule has 1 fully saturated rings. The van der Waals surface area contributed by atoms with Gasteiger partial charge in [0.15, 0.2) is 5.69 Å². The number of pyridine rings is 1. The zero-order chi connectivity index (χ0) is 29.2. The molecule has 0 bridgehead atoms. The molecule has 1 aliphatic heterocycles. The Morgan fingerprint density at radius 2 is 1.83 bits per heavy atom. The largest absolute Gasteiger partial charge is 0.493 e. The van der Waals surface area contributed by atoms with Crippen LogP contribution in [0.5, 0.6) is 5.75 Å². The van der Waals surface area contributed by atoms with Gasteiger partial charge in [-0.2, -0.15) is 0 Å². The van der Waals surface area contributed by atoms with Gasteiger partial charge in [0, 0.05) is 52.3 Å². The van der Waals surface area contributed by atoms with Crippen LogP contribution in [0.25, 0.3) is 21.6 Å². The smallest absolute Gasteiger partial charge is 0.357 e. The van der Waals surface area contributed by atoms with Gasteiger partial charge in [0.25, 0.3) is 11.8 Å². The number of rotatable bonds is 8. The van der Waals surface area contributed by atoms with Gasteiger partial charge < -0.3 is 25.8 Å². The van der Waals surface area contributed by atoms with E-state index >= 15 is 0 Å². The molecule has 6 rings (SSSR count). The predicted octanol–water partition coefficient (Wildman–Crippen LogP) is 5.05. The van der Waals surface area contributed by atoms with Gasteiger partial charge in [-0.3, -0.25) is 9.59 Å². The maximum absolute atomic E-state index is 13.9. The van der Waals surface area contributed by atoms with Crippen molar-refractivity contribution in [1.29, 1.82) is 0 Å². The lowest BCUT2D eigenvalue weighted by molar-refractivity contribution is 0.0594. The number of esters is 1. The maximum atomic E-state index is 13.9. The number of hydrogen-bond donors (Lipinski definition) is 3. The quantitative estimate of drug-likeness (QED) is 0.248. The summed E-state index contributed by atoms with van der Waals surface area (Å²) in [6, 6.07) is 16.1. The molecule has 3 heterocycles. The van der Waals surface area contributed by atoms with Crippen molar-refractivity contribution in [2.24, 2.45) is 11.7 Å². The first-order valence-corrected chi connectivity index (χ1v) is 14.7. The minimum absolute atomic E-state index is 0.0664. The fraction of sp³-hybridized carbons (Fsp3) is 0.250. The zero-order valence-corrected chi connectivity index (χ0v) is 23.9. The number of hydrogen-bond acceptors (Lipinski definition) is 8. The molecule has 0 unspecified atom stereocenters. The SMILES string of the molecule is COC(=O)c1nc(C(=O)NCC2CC2)ccc1-c1cc2c(cc1C(=O)Nc1ccc(CN)cc1)-c1sccc1CCO2. The van der Waals surface area contributed by atoms with E-state index in [0.717, 1.165) is 40.8 Å². The van der Waals surface area contributed by atoms with Crippen LogP contribution in [0.2, 0.25) is 0 Å². The Morgan fingerprint density at radius 3 is 2.57 bits per heavy atom. The molecule has 2 amide bonds. The van der Waals surface area contributed by atoms with E-state index in [9.17, 15) is 14.4 Å². The number of aromatic nitrogens is 1. The number of benzene rings is 2. The van der Waals surface area contributed by atoms with E-state index in [0.29, 0.717) is 53.7 Å². The first-order chi connectivity index (χ1) is 20.4. The van der Waals surface area contributed by atoms with Gasteiger partial charge in [-0.05, 0) is 77.7 Å². The van der Waals surface area contributed by atoms with Gasteiger partial charge in [-0.25, -0.2) is 9.78 Å². The molecule has 2 aliphatic rings. The summed E-state index contributed by atoms with van der Waals surface area (Å²) in [7, 11) is 1.25. The Balaban J connectivity index is 1.46. The number of fused-ring (bicyclic) bond motifs is 3. The van der Waals surface area contributed by atoms with Gasteiger partial charge in [-0.15, -0.1) is 11.3 Å². The van der Waals surface area contributed by atoms with E-state index in [1.165, 1.54) is 7.11 Å². The van der Waals surface area contributed by atoms with Gasteiger partial charge in [0.05, 0.1) is 13.7 Å². The lowest BCUT2D eigenvalue weighted by Gasteiger charge is -2.17. The average molecular weight is 583 g/mol. The summed E-state index contributed by atoms with van der Waals surface area (Å²) in [6.45, 7) is 1.43. The van der Waals surface area contributed by atoms with Crippen molar-refractivity contribution in [3.8, 4) is 27.3 Å². The minimum Gasteiger partial charge on any atom is -0.493 e. The molecule has 214 valence electrons. The van der Waals surface area contributed by atoms with Gasteiger partial charge in [-0.1, -0.05) is 12.1 Å². The zero-order valence-electron chi connectivity index (χ0n) is 23.1. The summed E-state index contributed by atoms with van der Waals surface area (Å²) in [5.41, 5.74) is 10.3. The van der Waals surface area contributed by atoms with Crippen molar-refractivity contribution in [2.45, 2.75) is 25.8 Å². The van der Waals surface area contributed by atoms with Crippen molar-refractivity contribution in [3.05, 3.63) is 88.1 Å². The lowest BCUT2D eigenvalue weighted by Crippen LogP contribution is -2.27. The molecular weight excluding hydrogens is 552 g/mol.